The maximum absolute atomic E-state index is 12.5. The molecule has 1 heterocycles. The molecule has 0 aliphatic carbocycles. The number of hydrogen-bond acceptors (Lipinski definition) is 4. The molecule has 1 N–H and O–H groups in total. The van der Waals surface area contributed by atoms with Crippen LogP contribution in [0.1, 0.15) is 35.0 Å². The number of nitrogens with zero attached hydrogens (tertiary/aromatic N) is 2. The quantitative estimate of drug-likeness (QED) is 0.651. The minimum Gasteiger partial charge on any atom is -0.322 e. The monoisotopic (exact) mass is 335 g/mol. The molecule has 0 fully saturated rings. The van der Waals surface area contributed by atoms with E-state index in [1.54, 1.807) is 12.3 Å². The van der Waals surface area contributed by atoms with Crippen molar-refractivity contribution in [3.8, 4) is 0 Å². The lowest BCUT2D eigenvalue weighted by atomic mass is 10.1. The van der Waals surface area contributed by atoms with Gasteiger partial charge in [-0.25, -0.2) is 9.97 Å². The first kappa shape index (κ1) is 16.8. The molecule has 6 heteroatoms. The number of benzene rings is 1. The Morgan fingerprint density at radius 2 is 2.18 bits per heavy atom. The standard InChI is InChI=1S/C16H18ClN3OS/c1-4-6-14-11(9-18-16(20-14)22-3)15(21)19-13-8-5-7-12(17)10(13)2/h5,7-9H,4,6H2,1-3H3,(H,19,21). The fraction of sp³-hybridized carbons (Fsp3) is 0.312. The number of hydrogen-bond donors (Lipinski definition) is 1. The molecule has 22 heavy (non-hydrogen) atoms. The van der Waals surface area contributed by atoms with E-state index in [9.17, 15) is 4.79 Å². The van der Waals surface area contributed by atoms with Gasteiger partial charge in [0.15, 0.2) is 5.16 Å². The van der Waals surface area contributed by atoms with Crippen molar-refractivity contribution in [1.29, 1.82) is 0 Å². The molecule has 0 spiro atoms. The van der Waals surface area contributed by atoms with Crippen LogP contribution in [0.25, 0.3) is 0 Å². The molecular formula is C16H18ClN3OS. The number of anilines is 1. The first-order chi connectivity index (χ1) is 10.6. The number of thioether (sulfide) groups is 1. The normalized spacial score (nSPS) is 10.5. The number of aromatic nitrogens is 2. The van der Waals surface area contributed by atoms with Crippen LogP contribution in [-0.4, -0.2) is 22.1 Å². The van der Waals surface area contributed by atoms with Crippen LogP contribution in [0.2, 0.25) is 5.02 Å². The summed E-state index contributed by atoms with van der Waals surface area (Å²) >= 11 is 7.55. The molecule has 0 atom stereocenters. The number of carbonyl (C=O) groups excluding carboxylic acids is 1. The Bertz CT molecular complexity index is 691. The Morgan fingerprint density at radius 3 is 2.86 bits per heavy atom. The van der Waals surface area contributed by atoms with Crippen LogP contribution in [0.5, 0.6) is 0 Å². The van der Waals surface area contributed by atoms with Gasteiger partial charge in [0.2, 0.25) is 0 Å². The zero-order valence-electron chi connectivity index (χ0n) is 12.8. The summed E-state index contributed by atoms with van der Waals surface area (Å²) in [5, 5.41) is 4.20. The molecule has 2 rings (SSSR count). The number of amides is 1. The van der Waals surface area contributed by atoms with Crippen LogP contribution >= 0.6 is 23.4 Å². The van der Waals surface area contributed by atoms with Crippen LogP contribution in [0.4, 0.5) is 5.69 Å². The molecule has 4 nitrogen and oxygen atoms in total. The van der Waals surface area contributed by atoms with Gasteiger partial charge in [0.1, 0.15) is 0 Å². The Balaban J connectivity index is 2.31. The molecule has 1 amide bonds. The highest BCUT2D eigenvalue weighted by Crippen LogP contribution is 2.24. The van der Waals surface area contributed by atoms with E-state index in [-0.39, 0.29) is 5.91 Å². The van der Waals surface area contributed by atoms with Crippen molar-refractivity contribution in [2.45, 2.75) is 31.8 Å². The van der Waals surface area contributed by atoms with E-state index >= 15 is 0 Å². The summed E-state index contributed by atoms with van der Waals surface area (Å²) in [7, 11) is 0. The van der Waals surface area contributed by atoms with Gasteiger partial charge in [-0.05, 0) is 37.3 Å². The van der Waals surface area contributed by atoms with E-state index in [0.717, 1.165) is 24.1 Å². The molecule has 1 aromatic heterocycles. The molecule has 0 aliphatic rings. The largest absolute Gasteiger partial charge is 0.322 e. The number of carbonyl (C=O) groups is 1. The van der Waals surface area contributed by atoms with Crippen molar-refractivity contribution < 1.29 is 4.79 Å². The predicted molar refractivity (Wildman–Crippen MR) is 92.0 cm³/mol. The van der Waals surface area contributed by atoms with E-state index in [4.69, 9.17) is 11.6 Å². The van der Waals surface area contributed by atoms with Gasteiger partial charge in [-0.15, -0.1) is 0 Å². The Labute approximate surface area is 139 Å². The lowest BCUT2D eigenvalue weighted by Gasteiger charge is -2.12. The van der Waals surface area contributed by atoms with Crippen molar-refractivity contribution in [1.82, 2.24) is 9.97 Å². The molecule has 0 unspecified atom stereocenters. The summed E-state index contributed by atoms with van der Waals surface area (Å²) in [5.74, 6) is -0.207. The highest BCUT2D eigenvalue weighted by molar-refractivity contribution is 7.98. The first-order valence-electron chi connectivity index (χ1n) is 7.03. The second-order valence-corrected chi connectivity index (χ2v) is 6.01. The molecule has 2 aromatic rings. The van der Waals surface area contributed by atoms with Crippen molar-refractivity contribution in [3.05, 3.63) is 46.2 Å². The number of rotatable bonds is 5. The Morgan fingerprint density at radius 1 is 1.41 bits per heavy atom. The number of halogens is 1. The van der Waals surface area contributed by atoms with Crippen LogP contribution in [0.3, 0.4) is 0 Å². The fourth-order valence-corrected chi connectivity index (χ4v) is 2.58. The summed E-state index contributed by atoms with van der Waals surface area (Å²) in [5.41, 5.74) is 2.84. The lowest BCUT2D eigenvalue weighted by molar-refractivity contribution is 0.102. The average Bonchev–Trinajstić information content (AvgIpc) is 2.52. The average molecular weight is 336 g/mol. The zero-order valence-corrected chi connectivity index (χ0v) is 14.4. The molecule has 0 saturated heterocycles. The van der Waals surface area contributed by atoms with Crippen LogP contribution in [0, 0.1) is 6.92 Å². The van der Waals surface area contributed by atoms with Gasteiger partial charge in [0.25, 0.3) is 5.91 Å². The fourth-order valence-electron chi connectivity index (χ4n) is 2.05. The van der Waals surface area contributed by atoms with Crippen molar-refractivity contribution >= 4 is 35.0 Å². The highest BCUT2D eigenvalue weighted by atomic mass is 35.5. The van der Waals surface area contributed by atoms with Gasteiger partial charge in [0, 0.05) is 16.9 Å². The van der Waals surface area contributed by atoms with E-state index in [1.807, 2.05) is 25.3 Å². The summed E-state index contributed by atoms with van der Waals surface area (Å²) in [4.78, 5) is 21.2. The van der Waals surface area contributed by atoms with E-state index < -0.39 is 0 Å². The van der Waals surface area contributed by atoms with Crippen LogP contribution in [0.15, 0.2) is 29.6 Å². The van der Waals surface area contributed by atoms with Crippen molar-refractivity contribution in [3.63, 3.8) is 0 Å². The molecular weight excluding hydrogens is 318 g/mol. The predicted octanol–water partition coefficient (Wildman–Crippen LogP) is 4.37. The molecule has 0 saturated carbocycles. The maximum atomic E-state index is 12.5. The minimum absolute atomic E-state index is 0.207. The Kier molecular flexibility index (Phi) is 5.80. The van der Waals surface area contributed by atoms with Crippen molar-refractivity contribution in [2.75, 3.05) is 11.6 Å². The smallest absolute Gasteiger partial charge is 0.259 e. The third-order valence-electron chi connectivity index (χ3n) is 3.28. The topological polar surface area (TPSA) is 54.9 Å². The van der Waals surface area contributed by atoms with Gasteiger partial charge >= 0.3 is 0 Å². The van der Waals surface area contributed by atoms with Gasteiger partial charge in [-0.2, -0.15) is 0 Å². The summed E-state index contributed by atoms with van der Waals surface area (Å²) in [6.45, 7) is 3.93. The second kappa shape index (κ2) is 7.61. The third kappa shape index (κ3) is 3.78. The third-order valence-corrected chi connectivity index (χ3v) is 4.25. The maximum Gasteiger partial charge on any atom is 0.259 e. The van der Waals surface area contributed by atoms with Gasteiger partial charge in [-0.3, -0.25) is 4.79 Å². The van der Waals surface area contributed by atoms with E-state index in [1.165, 1.54) is 11.8 Å². The first-order valence-corrected chi connectivity index (χ1v) is 8.63. The highest BCUT2D eigenvalue weighted by Gasteiger charge is 2.15. The number of aryl methyl sites for hydroxylation is 1. The van der Waals surface area contributed by atoms with Gasteiger partial charge in [0.05, 0.1) is 11.3 Å². The SMILES string of the molecule is CCCc1nc(SC)ncc1C(=O)Nc1cccc(Cl)c1C. The summed E-state index contributed by atoms with van der Waals surface area (Å²) in [6.07, 6.45) is 5.17. The van der Waals surface area contributed by atoms with E-state index in [0.29, 0.717) is 21.4 Å². The molecule has 1 aromatic carbocycles. The molecule has 0 aliphatic heterocycles. The minimum atomic E-state index is -0.207. The van der Waals surface area contributed by atoms with Crippen LogP contribution < -0.4 is 5.32 Å². The summed E-state index contributed by atoms with van der Waals surface area (Å²) in [6, 6.07) is 5.44. The number of nitrogens with one attached hydrogen (secondary N) is 1. The van der Waals surface area contributed by atoms with Gasteiger partial charge in [-0.1, -0.05) is 42.8 Å². The second-order valence-electron chi connectivity index (χ2n) is 4.83. The lowest BCUT2D eigenvalue weighted by Crippen LogP contribution is -2.17. The van der Waals surface area contributed by atoms with Crippen LogP contribution in [-0.2, 0) is 6.42 Å². The van der Waals surface area contributed by atoms with E-state index in [2.05, 4.69) is 22.2 Å². The molecule has 116 valence electrons. The summed E-state index contributed by atoms with van der Waals surface area (Å²) < 4.78 is 0. The van der Waals surface area contributed by atoms with Crippen molar-refractivity contribution in [2.24, 2.45) is 0 Å². The Hall–Kier alpha value is -1.59. The molecule has 0 radical (unpaired) electrons. The zero-order chi connectivity index (χ0) is 16.1. The van der Waals surface area contributed by atoms with Gasteiger partial charge < -0.3 is 5.32 Å². The molecule has 0 bridgehead atoms.